The molecular formula is C21H15F2N3O3S. The van der Waals surface area contributed by atoms with Gasteiger partial charge in [-0.25, -0.2) is 22.2 Å². The van der Waals surface area contributed by atoms with Gasteiger partial charge in [-0.2, -0.15) is 0 Å². The van der Waals surface area contributed by atoms with Crippen LogP contribution in [0.1, 0.15) is 10.4 Å². The first kappa shape index (κ1) is 19.7. The number of sulfone groups is 1. The molecule has 6 nitrogen and oxygen atoms in total. The van der Waals surface area contributed by atoms with Crippen LogP contribution >= 0.6 is 0 Å². The van der Waals surface area contributed by atoms with E-state index in [-0.39, 0.29) is 5.69 Å². The number of nitrogens with one attached hydrogen (secondary N) is 2. The topological polar surface area (TPSA) is 91.9 Å². The summed E-state index contributed by atoms with van der Waals surface area (Å²) < 4.78 is 51.8. The van der Waals surface area contributed by atoms with E-state index in [1.165, 1.54) is 0 Å². The second-order valence-electron chi connectivity index (χ2n) is 6.64. The highest BCUT2D eigenvalue weighted by atomic mass is 32.2. The van der Waals surface area contributed by atoms with Crippen molar-refractivity contribution in [2.45, 2.75) is 4.90 Å². The molecule has 0 aliphatic heterocycles. The Morgan fingerprint density at radius 3 is 2.37 bits per heavy atom. The Labute approximate surface area is 170 Å². The summed E-state index contributed by atoms with van der Waals surface area (Å²) in [5, 5.41) is 2.38. The maximum Gasteiger partial charge on any atom is 0.261 e. The van der Waals surface area contributed by atoms with Crippen LogP contribution in [0, 0.1) is 11.6 Å². The number of carbonyl (C=O) groups excluding carboxylic acids is 1. The van der Waals surface area contributed by atoms with Gasteiger partial charge in [-0.15, -0.1) is 0 Å². The maximum absolute atomic E-state index is 14.5. The molecule has 0 aliphatic carbocycles. The van der Waals surface area contributed by atoms with E-state index in [0.29, 0.717) is 5.82 Å². The molecule has 0 bridgehead atoms. The van der Waals surface area contributed by atoms with Crippen molar-refractivity contribution < 1.29 is 22.0 Å². The molecule has 0 aliphatic rings. The Kier molecular flexibility index (Phi) is 4.83. The highest BCUT2D eigenvalue weighted by Gasteiger charge is 2.25. The van der Waals surface area contributed by atoms with Gasteiger partial charge in [-0.1, -0.05) is 12.1 Å². The first-order chi connectivity index (χ1) is 14.2. The van der Waals surface area contributed by atoms with Crippen LogP contribution in [0.2, 0.25) is 0 Å². The molecule has 4 aromatic rings. The molecule has 0 spiro atoms. The summed E-state index contributed by atoms with van der Waals surface area (Å²) in [7, 11) is -3.96. The molecule has 0 unspecified atom stereocenters. The number of halogens is 2. The van der Waals surface area contributed by atoms with Gasteiger partial charge in [0.2, 0.25) is 0 Å². The number of H-pyrrole nitrogens is 1. The van der Waals surface area contributed by atoms with Crippen molar-refractivity contribution in [3.05, 3.63) is 77.9 Å². The average Bonchev–Trinajstić information content (AvgIpc) is 3.11. The van der Waals surface area contributed by atoms with Crippen molar-refractivity contribution in [1.29, 1.82) is 0 Å². The Morgan fingerprint density at radius 1 is 1.00 bits per heavy atom. The lowest BCUT2D eigenvalue weighted by Crippen LogP contribution is -2.18. The first-order valence-electron chi connectivity index (χ1n) is 8.78. The lowest BCUT2D eigenvalue weighted by Gasteiger charge is -2.10. The van der Waals surface area contributed by atoms with Crippen molar-refractivity contribution in [3.8, 4) is 11.4 Å². The van der Waals surface area contributed by atoms with Gasteiger partial charge < -0.3 is 10.3 Å². The molecule has 152 valence electrons. The van der Waals surface area contributed by atoms with Crippen molar-refractivity contribution in [1.82, 2.24) is 9.97 Å². The van der Waals surface area contributed by atoms with E-state index in [0.717, 1.165) is 35.0 Å². The van der Waals surface area contributed by atoms with Crippen LogP contribution in [0.15, 0.2) is 65.6 Å². The number of benzene rings is 3. The Bertz CT molecular complexity index is 1350. The molecule has 4 rings (SSSR count). The third kappa shape index (κ3) is 3.67. The number of para-hydroxylation sites is 2. The minimum Gasteiger partial charge on any atom is -0.338 e. The summed E-state index contributed by atoms with van der Waals surface area (Å²) in [5.74, 6) is -3.04. The lowest BCUT2D eigenvalue weighted by atomic mass is 10.1. The summed E-state index contributed by atoms with van der Waals surface area (Å²) in [6, 6.07) is 15.6. The van der Waals surface area contributed by atoms with Crippen molar-refractivity contribution in [2.24, 2.45) is 0 Å². The van der Waals surface area contributed by atoms with Crippen molar-refractivity contribution in [3.63, 3.8) is 0 Å². The van der Waals surface area contributed by atoms with Crippen LogP contribution < -0.4 is 5.32 Å². The number of carbonyl (C=O) groups is 1. The summed E-state index contributed by atoms with van der Waals surface area (Å²) in [6.07, 6.45) is 0.780. The smallest absolute Gasteiger partial charge is 0.261 e. The number of fused-ring (bicyclic) bond motifs is 1. The lowest BCUT2D eigenvalue weighted by molar-refractivity contribution is 0.101. The van der Waals surface area contributed by atoms with Crippen molar-refractivity contribution >= 4 is 32.5 Å². The zero-order valence-corrected chi connectivity index (χ0v) is 16.4. The minimum atomic E-state index is -3.96. The van der Waals surface area contributed by atoms with E-state index in [4.69, 9.17) is 0 Å². The number of rotatable bonds is 4. The van der Waals surface area contributed by atoms with E-state index in [1.54, 1.807) is 24.3 Å². The molecule has 0 radical (unpaired) electrons. The number of anilines is 1. The van der Waals surface area contributed by atoms with E-state index in [2.05, 4.69) is 15.3 Å². The highest BCUT2D eigenvalue weighted by molar-refractivity contribution is 7.90. The molecule has 1 amide bonds. The van der Waals surface area contributed by atoms with Crippen LogP contribution in [0.4, 0.5) is 14.5 Å². The van der Waals surface area contributed by atoms with E-state index < -0.39 is 37.8 Å². The predicted molar refractivity (Wildman–Crippen MR) is 109 cm³/mol. The van der Waals surface area contributed by atoms with Gasteiger partial charge in [0.25, 0.3) is 5.91 Å². The Balaban J connectivity index is 1.60. The number of imidazole rings is 1. The minimum absolute atomic E-state index is 0.281. The average molecular weight is 427 g/mol. The summed E-state index contributed by atoms with van der Waals surface area (Å²) in [4.78, 5) is 19.3. The molecule has 1 aromatic heterocycles. The molecule has 0 saturated heterocycles. The summed E-state index contributed by atoms with van der Waals surface area (Å²) in [6.45, 7) is 0. The second-order valence-corrected chi connectivity index (χ2v) is 8.62. The van der Waals surface area contributed by atoms with Crippen LogP contribution in [0.5, 0.6) is 0 Å². The molecule has 1 heterocycles. The Morgan fingerprint density at radius 2 is 1.70 bits per heavy atom. The van der Waals surface area contributed by atoms with Crippen LogP contribution in [-0.2, 0) is 9.84 Å². The van der Waals surface area contributed by atoms with Crippen LogP contribution in [0.25, 0.3) is 22.4 Å². The van der Waals surface area contributed by atoms with Crippen LogP contribution in [-0.4, -0.2) is 30.5 Å². The molecular weight excluding hydrogens is 412 g/mol. The fourth-order valence-electron chi connectivity index (χ4n) is 3.02. The van der Waals surface area contributed by atoms with E-state index in [9.17, 15) is 22.0 Å². The predicted octanol–water partition coefficient (Wildman–Crippen LogP) is 4.16. The molecule has 0 atom stereocenters. The summed E-state index contributed by atoms with van der Waals surface area (Å²) in [5.41, 5.74) is 1.76. The third-order valence-corrected chi connectivity index (χ3v) is 5.60. The number of aromatic amines is 1. The van der Waals surface area contributed by atoms with Gasteiger partial charge in [-0.3, -0.25) is 4.79 Å². The number of hydrogen-bond donors (Lipinski definition) is 2. The summed E-state index contributed by atoms with van der Waals surface area (Å²) >= 11 is 0. The monoisotopic (exact) mass is 427 g/mol. The fraction of sp³-hybridized carbons (Fsp3) is 0.0476. The number of aromatic nitrogens is 2. The first-order valence-corrected chi connectivity index (χ1v) is 10.7. The van der Waals surface area contributed by atoms with E-state index >= 15 is 0 Å². The fourth-order valence-corrected chi connectivity index (χ4v) is 3.77. The number of amides is 1. The van der Waals surface area contributed by atoms with Gasteiger partial charge in [-0.05, 0) is 48.5 Å². The largest absolute Gasteiger partial charge is 0.338 e. The zero-order chi connectivity index (χ0) is 21.5. The zero-order valence-electron chi connectivity index (χ0n) is 15.6. The van der Waals surface area contributed by atoms with Gasteiger partial charge in [0.1, 0.15) is 22.1 Å². The molecule has 0 fully saturated rings. The van der Waals surface area contributed by atoms with Gasteiger partial charge >= 0.3 is 0 Å². The number of nitrogens with zero attached hydrogens (tertiary/aromatic N) is 1. The SMILES string of the molecule is CS(=O)(=O)c1ccc(F)c(C(=O)Nc2ccc(-c3nc4ccccc4[nH]3)cc2)c1F. The third-order valence-electron chi connectivity index (χ3n) is 4.49. The van der Waals surface area contributed by atoms with E-state index in [1.807, 2.05) is 24.3 Å². The maximum atomic E-state index is 14.5. The molecule has 3 aromatic carbocycles. The Hall–Kier alpha value is -3.59. The quantitative estimate of drug-likeness (QED) is 0.479. The van der Waals surface area contributed by atoms with Gasteiger partial charge in [0.05, 0.1) is 11.0 Å². The van der Waals surface area contributed by atoms with Crippen molar-refractivity contribution in [2.75, 3.05) is 11.6 Å². The number of hydrogen-bond acceptors (Lipinski definition) is 4. The van der Waals surface area contributed by atoms with Gasteiger partial charge in [0.15, 0.2) is 15.7 Å². The normalized spacial score (nSPS) is 11.6. The van der Waals surface area contributed by atoms with Gasteiger partial charge in [0, 0.05) is 17.5 Å². The van der Waals surface area contributed by atoms with Crippen LogP contribution in [0.3, 0.4) is 0 Å². The molecule has 30 heavy (non-hydrogen) atoms. The molecule has 2 N–H and O–H groups in total. The standard InChI is InChI=1S/C21H15F2N3O3S/c1-30(28,29)17-11-10-14(22)18(19(17)23)21(27)24-13-8-6-12(7-9-13)20-25-15-4-2-3-5-16(15)26-20/h2-11H,1H3,(H,24,27)(H,25,26). The molecule has 0 saturated carbocycles. The second kappa shape index (κ2) is 7.34. The molecule has 9 heteroatoms. The highest BCUT2D eigenvalue weighted by Crippen LogP contribution is 2.24.